The Hall–Kier alpha value is -1.94. The van der Waals surface area contributed by atoms with Gasteiger partial charge in [-0.05, 0) is 31.0 Å². The highest BCUT2D eigenvalue weighted by Gasteiger charge is 2.16. The Kier molecular flexibility index (Phi) is 4.69. The summed E-state index contributed by atoms with van der Waals surface area (Å²) in [6.07, 6.45) is 2.94. The van der Waals surface area contributed by atoms with Gasteiger partial charge in [-0.3, -0.25) is 4.98 Å². The maximum Gasteiger partial charge on any atom is 0.137 e. The van der Waals surface area contributed by atoms with Crippen LogP contribution >= 0.6 is 0 Å². The Balaban J connectivity index is 2.26. The second-order valence-electron chi connectivity index (χ2n) is 4.73. The van der Waals surface area contributed by atoms with Crippen molar-refractivity contribution in [3.05, 3.63) is 59.2 Å². The number of rotatable bonds is 5. The molecular weight excluding hydrogens is 257 g/mol. The van der Waals surface area contributed by atoms with Gasteiger partial charge in [0.05, 0.1) is 12.8 Å². The van der Waals surface area contributed by atoms with E-state index in [2.05, 4.69) is 4.98 Å². The second kappa shape index (κ2) is 6.48. The minimum atomic E-state index is -1.05. The van der Waals surface area contributed by atoms with Crippen molar-refractivity contribution in [2.45, 2.75) is 26.4 Å². The van der Waals surface area contributed by atoms with Gasteiger partial charge in [-0.2, -0.15) is 0 Å². The summed E-state index contributed by atoms with van der Waals surface area (Å²) in [6, 6.07) is 6.46. The summed E-state index contributed by atoms with van der Waals surface area (Å²) in [6.45, 7) is 4.40. The molecule has 3 nitrogen and oxygen atoms in total. The molecule has 2 aromatic rings. The van der Waals surface area contributed by atoms with Crippen LogP contribution < -0.4 is 4.74 Å². The third kappa shape index (κ3) is 3.33. The molecule has 0 spiro atoms. The van der Waals surface area contributed by atoms with Crippen LogP contribution in [-0.4, -0.2) is 16.7 Å². The number of nitrogens with zero attached hydrogens (tertiary/aromatic N) is 1. The molecule has 1 atom stereocenters. The van der Waals surface area contributed by atoms with Gasteiger partial charge in [0.1, 0.15) is 17.7 Å². The van der Waals surface area contributed by atoms with Crippen LogP contribution in [0.1, 0.15) is 36.1 Å². The van der Waals surface area contributed by atoms with Gasteiger partial charge in [0, 0.05) is 17.3 Å². The number of ether oxygens (including phenoxy) is 1. The SMILES string of the molecule is CCCOc1cncc(C(O)c2ccc(C)cc2F)c1. The average molecular weight is 275 g/mol. The molecule has 0 bridgehead atoms. The number of aliphatic hydroxyl groups excluding tert-OH is 1. The fourth-order valence-electron chi connectivity index (χ4n) is 1.92. The van der Waals surface area contributed by atoms with E-state index in [1.165, 1.54) is 12.3 Å². The highest BCUT2D eigenvalue weighted by atomic mass is 19.1. The molecule has 0 amide bonds. The van der Waals surface area contributed by atoms with Crippen molar-refractivity contribution in [1.29, 1.82) is 0 Å². The number of aryl methyl sites for hydroxylation is 1. The predicted molar refractivity (Wildman–Crippen MR) is 75.2 cm³/mol. The molecule has 2 rings (SSSR count). The number of hydrogen-bond donors (Lipinski definition) is 1. The molecule has 1 heterocycles. The Morgan fingerprint density at radius 3 is 2.80 bits per heavy atom. The smallest absolute Gasteiger partial charge is 0.137 e. The zero-order valence-corrected chi connectivity index (χ0v) is 11.6. The zero-order valence-electron chi connectivity index (χ0n) is 11.6. The number of hydrogen-bond acceptors (Lipinski definition) is 3. The standard InChI is InChI=1S/C16H18FNO2/c1-3-6-20-13-8-12(9-18-10-13)16(19)14-5-4-11(2)7-15(14)17/h4-5,7-10,16,19H,3,6H2,1-2H3. The minimum absolute atomic E-state index is 0.241. The first-order chi connectivity index (χ1) is 9.61. The number of halogens is 1. The van der Waals surface area contributed by atoms with Gasteiger partial charge in [0.2, 0.25) is 0 Å². The lowest BCUT2D eigenvalue weighted by Crippen LogP contribution is -2.04. The maximum absolute atomic E-state index is 13.9. The van der Waals surface area contributed by atoms with Crippen LogP contribution in [0.3, 0.4) is 0 Å². The first-order valence-electron chi connectivity index (χ1n) is 6.63. The van der Waals surface area contributed by atoms with Crippen molar-refractivity contribution in [2.24, 2.45) is 0 Å². The topological polar surface area (TPSA) is 42.4 Å². The molecule has 1 aromatic carbocycles. The van der Waals surface area contributed by atoms with Crippen molar-refractivity contribution < 1.29 is 14.2 Å². The molecule has 1 aromatic heterocycles. The summed E-state index contributed by atoms with van der Waals surface area (Å²) in [5.41, 5.74) is 1.57. The third-order valence-corrected chi connectivity index (χ3v) is 2.97. The van der Waals surface area contributed by atoms with Crippen LogP contribution in [-0.2, 0) is 0 Å². The van der Waals surface area contributed by atoms with E-state index in [0.29, 0.717) is 17.9 Å². The molecule has 1 N–H and O–H groups in total. The van der Waals surface area contributed by atoms with Gasteiger partial charge < -0.3 is 9.84 Å². The van der Waals surface area contributed by atoms with Gasteiger partial charge in [0.15, 0.2) is 0 Å². The van der Waals surface area contributed by atoms with Crippen LogP contribution in [0.2, 0.25) is 0 Å². The quantitative estimate of drug-likeness (QED) is 0.909. The normalized spacial score (nSPS) is 12.2. The van der Waals surface area contributed by atoms with Gasteiger partial charge in [-0.15, -0.1) is 0 Å². The van der Waals surface area contributed by atoms with E-state index in [4.69, 9.17) is 4.74 Å². The first-order valence-corrected chi connectivity index (χ1v) is 6.63. The van der Waals surface area contributed by atoms with E-state index >= 15 is 0 Å². The van der Waals surface area contributed by atoms with Crippen molar-refractivity contribution in [3.63, 3.8) is 0 Å². The summed E-state index contributed by atoms with van der Waals surface area (Å²) in [7, 11) is 0. The summed E-state index contributed by atoms with van der Waals surface area (Å²) in [4.78, 5) is 4.02. The van der Waals surface area contributed by atoms with Crippen molar-refractivity contribution in [1.82, 2.24) is 4.98 Å². The molecule has 0 aliphatic carbocycles. The fraction of sp³-hybridized carbons (Fsp3) is 0.312. The lowest BCUT2D eigenvalue weighted by Gasteiger charge is -2.14. The molecule has 0 aliphatic heterocycles. The van der Waals surface area contributed by atoms with Gasteiger partial charge in [0.25, 0.3) is 0 Å². The third-order valence-electron chi connectivity index (χ3n) is 2.97. The molecule has 20 heavy (non-hydrogen) atoms. The highest BCUT2D eigenvalue weighted by molar-refractivity contribution is 5.34. The molecule has 1 unspecified atom stereocenters. The van der Waals surface area contributed by atoms with Gasteiger partial charge in [-0.25, -0.2) is 4.39 Å². The molecule has 0 saturated heterocycles. The predicted octanol–water partition coefficient (Wildman–Crippen LogP) is 3.40. The largest absolute Gasteiger partial charge is 0.492 e. The van der Waals surface area contributed by atoms with Crippen LogP contribution in [0.15, 0.2) is 36.7 Å². The number of pyridine rings is 1. The van der Waals surface area contributed by atoms with Crippen molar-refractivity contribution >= 4 is 0 Å². The minimum Gasteiger partial charge on any atom is -0.492 e. The number of benzene rings is 1. The van der Waals surface area contributed by atoms with Crippen LogP contribution in [0.5, 0.6) is 5.75 Å². The van der Waals surface area contributed by atoms with Crippen LogP contribution in [0, 0.1) is 12.7 Å². The average Bonchev–Trinajstić information content (AvgIpc) is 2.45. The second-order valence-corrected chi connectivity index (χ2v) is 4.73. The first kappa shape index (κ1) is 14.5. The highest BCUT2D eigenvalue weighted by Crippen LogP contribution is 2.26. The van der Waals surface area contributed by atoms with Crippen molar-refractivity contribution in [2.75, 3.05) is 6.61 Å². The van der Waals surface area contributed by atoms with Crippen LogP contribution in [0.25, 0.3) is 0 Å². The monoisotopic (exact) mass is 275 g/mol. The van der Waals surface area contributed by atoms with E-state index in [0.717, 1.165) is 12.0 Å². The number of aromatic nitrogens is 1. The maximum atomic E-state index is 13.9. The van der Waals surface area contributed by atoms with Crippen molar-refractivity contribution in [3.8, 4) is 5.75 Å². The Morgan fingerprint density at radius 2 is 2.10 bits per heavy atom. The molecule has 0 saturated carbocycles. The lowest BCUT2D eigenvalue weighted by molar-refractivity contribution is 0.213. The molecule has 0 radical (unpaired) electrons. The zero-order chi connectivity index (χ0) is 14.5. The summed E-state index contributed by atoms with van der Waals surface area (Å²) in [5, 5.41) is 10.3. The molecule has 0 aliphatic rings. The van der Waals surface area contributed by atoms with Crippen LogP contribution in [0.4, 0.5) is 4.39 Å². The van der Waals surface area contributed by atoms with E-state index in [1.807, 2.05) is 6.92 Å². The summed E-state index contributed by atoms with van der Waals surface area (Å²) < 4.78 is 19.3. The number of aliphatic hydroxyl groups is 1. The van der Waals surface area contributed by atoms with E-state index in [1.54, 1.807) is 31.3 Å². The Labute approximate surface area is 118 Å². The molecule has 4 heteroatoms. The van der Waals surface area contributed by atoms with E-state index in [9.17, 15) is 9.50 Å². The molecule has 106 valence electrons. The van der Waals surface area contributed by atoms with E-state index < -0.39 is 11.9 Å². The van der Waals surface area contributed by atoms with E-state index in [-0.39, 0.29) is 5.56 Å². The Morgan fingerprint density at radius 1 is 1.30 bits per heavy atom. The summed E-state index contributed by atoms with van der Waals surface area (Å²) >= 11 is 0. The molecule has 0 fully saturated rings. The lowest BCUT2D eigenvalue weighted by atomic mass is 10.0. The van der Waals surface area contributed by atoms with Gasteiger partial charge in [-0.1, -0.05) is 19.1 Å². The van der Waals surface area contributed by atoms with Gasteiger partial charge >= 0.3 is 0 Å². The summed E-state index contributed by atoms with van der Waals surface area (Å²) in [5.74, 6) is 0.160. The Bertz CT molecular complexity index is 586. The molecular formula is C16H18FNO2. The fourth-order valence-corrected chi connectivity index (χ4v) is 1.92.